The van der Waals surface area contributed by atoms with E-state index < -0.39 is 0 Å². The third-order valence-corrected chi connectivity index (χ3v) is 6.76. The average Bonchev–Trinajstić information content (AvgIpc) is 3.12. The topological polar surface area (TPSA) is 17.8 Å². The highest BCUT2D eigenvalue weighted by Crippen LogP contribution is 2.23. The molecule has 2 rings (SSSR count). The lowest BCUT2D eigenvalue weighted by molar-refractivity contribution is 0.627. The van der Waals surface area contributed by atoms with E-state index in [-0.39, 0.29) is 5.82 Å². The van der Waals surface area contributed by atoms with Crippen molar-refractivity contribution in [2.45, 2.75) is 56.6 Å². The highest BCUT2D eigenvalue weighted by Gasteiger charge is 2.10. The number of imidazole rings is 1. The molecule has 0 saturated heterocycles. The van der Waals surface area contributed by atoms with Crippen molar-refractivity contribution < 1.29 is 4.39 Å². The second kappa shape index (κ2) is 12.4. The number of hydrogen-bond acceptors (Lipinski definition) is 3. The van der Waals surface area contributed by atoms with E-state index in [0.717, 1.165) is 18.1 Å². The summed E-state index contributed by atoms with van der Waals surface area (Å²) in [5, 5.41) is 0.589. The van der Waals surface area contributed by atoms with Crippen LogP contribution >= 0.6 is 23.5 Å². The van der Waals surface area contributed by atoms with E-state index in [1.165, 1.54) is 43.4 Å². The van der Waals surface area contributed by atoms with E-state index in [2.05, 4.69) is 28.2 Å². The second-order valence-electron chi connectivity index (χ2n) is 6.31. The van der Waals surface area contributed by atoms with Crippen molar-refractivity contribution in [2.75, 3.05) is 11.5 Å². The zero-order valence-electron chi connectivity index (χ0n) is 15.1. The molecule has 1 aromatic heterocycles. The van der Waals surface area contributed by atoms with Crippen LogP contribution in [0.15, 0.2) is 43.0 Å². The predicted octanol–water partition coefficient (Wildman–Crippen LogP) is 6.03. The molecule has 0 aliphatic heterocycles. The SMILES string of the molecule is CCCCCCCSC(CSCc1ccc(F)cc1)Cn1ccnc1. The van der Waals surface area contributed by atoms with Crippen LogP contribution in [0.4, 0.5) is 4.39 Å². The number of nitrogens with zero attached hydrogens (tertiary/aromatic N) is 2. The Morgan fingerprint density at radius 1 is 1.12 bits per heavy atom. The van der Waals surface area contributed by atoms with Gasteiger partial charge >= 0.3 is 0 Å². The van der Waals surface area contributed by atoms with Crippen molar-refractivity contribution >= 4 is 23.5 Å². The Hall–Kier alpha value is -0.940. The summed E-state index contributed by atoms with van der Waals surface area (Å²) >= 11 is 4.02. The zero-order valence-corrected chi connectivity index (χ0v) is 16.7. The summed E-state index contributed by atoms with van der Waals surface area (Å²) in [4.78, 5) is 4.15. The molecule has 2 nitrogen and oxygen atoms in total. The molecule has 0 amide bonds. The predicted molar refractivity (Wildman–Crippen MR) is 110 cm³/mol. The van der Waals surface area contributed by atoms with Gasteiger partial charge in [0, 0.05) is 35.7 Å². The molecule has 5 heteroatoms. The lowest BCUT2D eigenvalue weighted by Gasteiger charge is -2.17. The molecule has 25 heavy (non-hydrogen) atoms. The second-order valence-corrected chi connectivity index (χ2v) is 8.75. The normalized spacial score (nSPS) is 12.4. The molecular weight excluding hydrogens is 351 g/mol. The number of unbranched alkanes of at least 4 members (excludes halogenated alkanes) is 4. The first kappa shape index (κ1) is 20.4. The highest BCUT2D eigenvalue weighted by atomic mass is 32.2. The molecule has 0 N–H and O–H groups in total. The summed E-state index contributed by atoms with van der Waals surface area (Å²) in [6.45, 7) is 3.27. The van der Waals surface area contributed by atoms with E-state index in [1.807, 2.05) is 42.6 Å². The third kappa shape index (κ3) is 8.82. The Morgan fingerprint density at radius 2 is 1.92 bits per heavy atom. The number of rotatable bonds is 13. The molecule has 0 spiro atoms. The summed E-state index contributed by atoms with van der Waals surface area (Å²) in [5.41, 5.74) is 1.19. The molecule has 0 aliphatic carbocycles. The van der Waals surface area contributed by atoms with Gasteiger partial charge in [0.2, 0.25) is 0 Å². The maximum Gasteiger partial charge on any atom is 0.123 e. The van der Waals surface area contributed by atoms with E-state index in [9.17, 15) is 4.39 Å². The van der Waals surface area contributed by atoms with Gasteiger partial charge in [0.15, 0.2) is 0 Å². The van der Waals surface area contributed by atoms with Crippen molar-refractivity contribution in [1.82, 2.24) is 9.55 Å². The molecule has 2 aromatic rings. The van der Waals surface area contributed by atoms with Crippen molar-refractivity contribution in [3.05, 3.63) is 54.4 Å². The number of benzene rings is 1. The van der Waals surface area contributed by atoms with E-state index >= 15 is 0 Å². The van der Waals surface area contributed by atoms with Gasteiger partial charge in [-0.15, -0.1) is 0 Å². The number of hydrogen-bond donors (Lipinski definition) is 0. The molecule has 0 fully saturated rings. The van der Waals surface area contributed by atoms with Gasteiger partial charge in [0.1, 0.15) is 5.82 Å². The minimum absolute atomic E-state index is 0.162. The van der Waals surface area contributed by atoms with E-state index in [1.54, 1.807) is 12.1 Å². The Kier molecular flexibility index (Phi) is 10.1. The maximum absolute atomic E-state index is 13.0. The van der Waals surface area contributed by atoms with Gasteiger partial charge < -0.3 is 4.57 Å². The smallest absolute Gasteiger partial charge is 0.123 e. The molecule has 1 atom stereocenters. The summed E-state index contributed by atoms with van der Waals surface area (Å²) in [6, 6.07) is 6.86. The van der Waals surface area contributed by atoms with Gasteiger partial charge in [0.25, 0.3) is 0 Å². The van der Waals surface area contributed by atoms with Crippen LogP contribution in [0.2, 0.25) is 0 Å². The van der Waals surface area contributed by atoms with Gasteiger partial charge in [-0.1, -0.05) is 44.7 Å². The molecule has 0 radical (unpaired) electrons. The minimum Gasteiger partial charge on any atom is -0.336 e. The third-order valence-electron chi connectivity index (χ3n) is 4.06. The van der Waals surface area contributed by atoms with Crippen LogP contribution in [0.1, 0.15) is 44.6 Å². The van der Waals surface area contributed by atoms with Gasteiger partial charge in [0.05, 0.1) is 6.33 Å². The fourth-order valence-corrected chi connectivity index (χ4v) is 5.20. The average molecular weight is 381 g/mol. The van der Waals surface area contributed by atoms with Gasteiger partial charge in [-0.25, -0.2) is 9.37 Å². The zero-order chi connectivity index (χ0) is 17.7. The summed E-state index contributed by atoms with van der Waals surface area (Å²) in [5.74, 6) is 3.12. The first-order chi connectivity index (χ1) is 12.3. The molecule has 1 heterocycles. The van der Waals surface area contributed by atoms with Crippen LogP contribution in [0.3, 0.4) is 0 Å². The van der Waals surface area contributed by atoms with Crippen LogP contribution in [0.5, 0.6) is 0 Å². The van der Waals surface area contributed by atoms with Crippen molar-refractivity contribution in [1.29, 1.82) is 0 Å². The first-order valence-corrected chi connectivity index (χ1v) is 11.4. The fourth-order valence-electron chi connectivity index (χ4n) is 2.63. The Labute approximate surface area is 160 Å². The quantitative estimate of drug-likeness (QED) is 0.395. The standard InChI is InChI=1S/C20H29FN2S2/c1-2-3-4-5-6-13-25-20(14-23-12-11-22-17-23)16-24-15-18-7-9-19(21)10-8-18/h7-12,17,20H,2-6,13-16H2,1H3. The van der Waals surface area contributed by atoms with Crippen LogP contribution < -0.4 is 0 Å². The number of aromatic nitrogens is 2. The molecule has 0 aliphatic rings. The van der Waals surface area contributed by atoms with Crippen molar-refractivity contribution in [3.8, 4) is 0 Å². The summed E-state index contributed by atoms with van der Waals surface area (Å²) in [7, 11) is 0. The van der Waals surface area contributed by atoms with Gasteiger partial charge in [-0.3, -0.25) is 0 Å². The molecular formula is C20H29FN2S2. The number of thioether (sulfide) groups is 2. The van der Waals surface area contributed by atoms with Crippen LogP contribution in [0.25, 0.3) is 0 Å². The Morgan fingerprint density at radius 3 is 2.64 bits per heavy atom. The molecule has 0 bridgehead atoms. The lowest BCUT2D eigenvalue weighted by atomic mass is 10.2. The van der Waals surface area contributed by atoms with Crippen LogP contribution in [-0.2, 0) is 12.3 Å². The lowest BCUT2D eigenvalue weighted by Crippen LogP contribution is -2.15. The van der Waals surface area contributed by atoms with Gasteiger partial charge in [-0.05, 0) is 29.9 Å². The first-order valence-electron chi connectivity index (χ1n) is 9.17. The monoisotopic (exact) mass is 380 g/mol. The molecule has 0 saturated carbocycles. The Bertz CT molecular complexity index is 558. The summed E-state index contributed by atoms with van der Waals surface area (Å²) < 4.78 is 15.2. The van der Waals surface area contributed by atoms with E-state index in [4.69, 9.17) is 0 Å². The van der Waals surface area contributed by atoms with Gasteiger partial charge in [-0.2, -0.15) is 23.5 Å². The van der Waals surface area contributed by atoms with Crippen LogP contribution in [0, 0.1) is 5.82 Å². The highest BCUT2D eigenvalue weighted by molar-refractivity contribution is 8.03. The maximum atomic E-state index is 13.0. The molecule has 1 aromatic carbocycles. The fraction of sp³-hybridized carbons (Fsp3) is 0.550. The summed E-state index contributed by atoms with van der Waals surface area (Å²) in [6.07, 6.45) is 12.5. The molecule has 1 unspecified atom stereocenters. The molecule has 138 valence electrons. The largest absolute Gasteiger partial charge is 0.336 e. The van der Waals surface area contributed by atoms with Crippen LogP contribution in [-0.4, -0.2) is 26.3 Å². The van der Waals surface area contributed by atoms with Crippen molar-refractivity contribution in [3.63, 3.8) is 0 Å². The van der Waals surface area contributed by atoms with Crippen molar-refractivity contribution in [2.24, 2.45) is 0 Å². The Balaban J connectivity index is 1.72. The van der Waals surface area contributed by atoms with E-state index in [0.29, 0.717) is 5.25 Å². The number of halogens is 1. The minimum atomic E-state index is -0.162.